The second-order valence-electron chi connectivity index (χ2n) is 7.57. The van der Waals surface area contributed by atoms with Crippen molar-refractivity contribution in [2.45, 2.75) is 45.1 Å². The number of amides is 1. The van der Waals surface area contributed by atoms with Gasteiger partial charge in [-0.2, -0.15) is 0 Å². The number of hydrogen-bond acceptors (Lipinski definition) is 7. The van der Waals surface area contributed by atoms with Crippen molar-refractivity contribution in [1.29, 1.82) is 0 Å². The molecule has 0 saturated carbocycles. The molecule has 3 rings (SSSR count). The molecule has 0 bridgehead atoms. The molecule has 31 heavy (non-hydrogen) atoms. The van der Waals surface area contributed by atoms with E-state index in [1.54, 1.807) is 19.1 Å². The summed E-state index contributed by atoms with van der Waals surface area (Å²) in [7, 11) is -3.79. The fourth-order valence-electron chi connectivity index (χ4n) is 3.63. The zero-order valence-electron chi connectivity index (χ0n) is 18.1. The van der Waals surface area contributed by atoms with Crippen LogP contribution < -0.4 is 5.32 Å². The number of carbonyl (C=O) groups is 2. The number of carbonyl (C=O) groups excluding carboxylic acids is 2. The van der Waals surface area contributed by atoms with Crippen molar-refractivity contribution in [3.8, 4) is 0 Å². The molecule has 0 unspecified atom stereocenters. The molecule has 1 amide bonds. The lowest BCUT2D eigenvalue weighted by molar-refractivity contribution is -0.113. The first-order valence-electron chi connectivity index (χ1n) is 10.4. The summed E-state index contributed by atoms with van der Waals surface area (Å²) in [5, 5.41) is 3.04. The molecule has 168 valence electrons. The number of aryl methyl sites for hydroxylation is 1. The molecule has 1 N–H and O–H groups in total. The number of thiophene rings is 1. The Bertz CT molecular complexity index is 1060. The Kier molecular flexibility index (Phi) is 7.51. The summed E-state index contributed by atoms with van der Waals surface area (Å²) in [6, 6.07) is 6.38. The van der Waals surface area contributed by atoms with Crippen LogP contribution in [-0.4, -0.2) is 50.6 Å². The number of esters is 1. The summed E-state index contributed by atoms with van der Waals surface area (Å²) >= 11 is 1.33. The first-order chi connectivity index (χ1) is 14.7. The lowest BCUT2D eigenvalue weighted by atomic mass is 10.0. The van der Waals surface area contributed by atoms with Crippen LogP contribution in [0.2, 0.25) is 0 Å². The molecular weight excluding hydrogens is 436 g/mol. The number of rotatable bonds is 8. The van der Waals surface area contributed by atoms with Crippen LogP contribution in [0.25, 0.3) is 0 Å². The second kappa shape index (κ2) is 9.93. The smallest absolute Gasteiger partial charge is 0.341 e. The first kappa shape index (κ1) is 23.4. The first-order valence-corrected chi connectivity index (χ1v) is 12.8. The summed E-state index contributed by atoms with van der Waals surface area (Å²) in [5.74, 6) is -1.85. The normalized spacial score (nSPS) is 14.2. The standard InChI is InChI=1S/C22H28N2O5S2/c1-4-11-24-12-10-17-18(13-24)30-21(20(17)22(26)29-5-2)23-19(25)14-31(27,28)16-8-6-15(3)7-9-16/h6-9H,4-5,10-14H2,1-3H3,(H,23,25). The van der Waals surface area contributed by atoms with Crippen molar-refractivity contribution >= 4 is 38.1 Å². The van der Waals surface area contributed by atoms with Crippen molar-refractivity contribution in [2.75, 3.05) is 30.8 Å². The highest BCUT2D eigenvalue weighted by Crippen LogP contribution is 2.37. The van der Waals surface area contributed by atoms with Crippen molar-refractivity contribution in [3.63, 3.8) is 0 Å². The van der Waals surface area contributed by atoms with E-state index in [1.165, 1.54) is 23.5 Å². The van der Waals surface area contributed by atoms with Crippen LogP contribution in [0.5, 0.6) is 0 Å². The Morgan fingerprint density at radius 1 is 1.19 bits per heavy atom. The summed E-state index contributed by atoms with van der Waals surface area (Å²) < 4.78 is 30.5. The number of nitrogens with one attached hydrogen (secondary N) is 1. The Morgan fingerprint density at radius 2 is 1.90 bits per heavy atom. The topological polar surface area (TPSA) is 92.8 Å². The van der Waals surface area contributed by atoms with Gasteiger partial charge in [-0.25, -0.2) is 13.2 Å². The van der Waals surface area contributed by atoms with Gasteiger partial charge in [0.25, 0.3) is 0 Å². The molecule has 1 aromatic carbocycles. The third-order valence-corrected chi connectivity index (χ3v) is 7.87. The van der Waals surface area contributed by atoms with Crippen LogP contribution in [0.15, 0.2) is 29.2 Å². The predicted octanol–water partition coefficient (Wildman–Crippen LogP) is 3.41. The van der Waals surface area contributed by atoms with Gasteiger partial charge in [-0.15, -0.1) is 11.3 Å². The van der Waals surface area contributed by atoms with E-state index < -0.39 is 27.5 Å². The van der Waals surface area contributed by atoms with Gasteiger partial charge in [0.1, 0.15) is 10.8 Å². The molecule has 0 saturated heterocycles. The molecular formula is C22H28N2O5S2. The molecule has 1 aliphatic heterocycles. The molecule has 7 nitrogen and oxygen atoms in total. The van der Waals surface area contributed by atoms with Crippen LogP contribution in [0.1, 0.15) is 46.6 Å². The second-order valence-corrected chi connectivity index (χ2v) is 10.7. The van der Waals surface area contributed by atoms with E-state index in [9.17, 15) is 18.0 Å². The molecule has 2 aromatic rings. The number of anilines is 1. The van der Waals surface area contributed by atoms with Gasteiger partial charge in [-0.05, 0) is 50.9 Å². The zero-order chi connectivity index (χ0) is 22.6. The molecule has 0 aliphatic carbocycles. The molecule has 0 radical (unpaired) electrons. The fourth-order valence-corrected chi connectivity index (χ4v) is 6.06. The lowest BCUT2D eigenvalue weighted by Gasteiger charge is -2.26. The molecule has 1 aliphatic rings. The third kappa shape index (κ3) is 5.53. The molecule has 0 atom stereocenters. The number of sulfone groups is 1. The van der Waals surface area contributed by atoms with Crippen LogP contribution >= 0.6 is 11.3 Å². The fraction of sp³-hybridized carbons (Fsp3) is 0.455. The maximum Gasteiger partial charge on any atom is 0.341 e. The molecule has 2 heterocycles. The van der Waals surface area contributed by atoms with E-state index in [0.29, 0.717) is 23.5 Å². The van der Waals surface area contributed by atoms with E-state index in [4.69, 9.17) is 4.74 Å². The third-order valence-electron chi connectivity index (χ3n) is 5.11. The highest BCUT2D eigenvalue weighted by Gasteiger charge is 2.30. The van der Waals surface area contributed by atoms with Gasteiger partial charge in [-0.1, -0.05) is 24.6 Å². The van der Waals surface area contributed by atoms with Crippen LogP contribution in [0, 0.1) is 6.92 Å². The minimum Gasteiger partial charge on any atom is -0.462 e. The van der Waals surface area contributed by atoms with E-state index in [-0.39, 0.29) is 11.5 Å². The van der Waals surface area contributed by atoms with Crippen LogP contribution in [0.3, 0.4) is 0 Å². The Hall–Kier alpha value is -2.23. The molecule has 1 aromatic heterocycles. The lowest BCUT2D eigenvalue weighted by Crippen LogP contribution is -2.31. The summed E-state index contributed by atoms with van der Waals surface area (Å²) in [6.45, 7) is 8.43. The highest BCUT2D eigenvalue weighted by atomic mass is 32.2. The van der Waals surface area contributed by atoms with Crippen LogP contribution in [0.4, 0.5) is 5.00 Å². The zero-order valence-corrected chi connectivity index (χ0v) is 19.7. The van der Waals surface area contributed by atoms with Gasteiger partial charge in [0.05, 0.1) is 17.1 Å². The highest BCUT2D eigenvalue weighted by molar-refractivity contribution is 7.92. The quantitative estimate of drug-likeness (QED) is 0.602. The average Bonchev–Trinajstić information content (AvgIpc) is 3.05. The van der Waals surface area contributed by atoms with Crippen LogP contribution in [-0.2, 0) is 32.3 Å². The number of hydrogen-bond donors (Lipinski definition) is 1. The molecule has 0 spiro atoms. The van der Waals surface area contributed by atoms with Crippen molar-refractivity contribution in [2.24, 2.45) is 0 Å². The van der Waals surface area contributed by atoms with Gasteiger partial charge in [0.15, 0.2) is 9.84 Å². The van der Waals surface area contributed by atoms with Gasteiger partial charge < -0.3 is 10.1 Å². The van der Waals surface area contributed by atoms with E-state index in [2.05, 4.69) is 17.1 Å². The Labute approximate surface area is 187 Å². The monoisotopic (exact) mass is 464 g/mol. The van der Waals surface area contributed by atoms with Gasteiger partial charge in [0, 0.05) is 18.0 Å². The predicted molar refractivity (Wildman–Crippen MR) is 121 cm³/mol. The average molecular weight is 465 g/mol. The van der Waals surface area contributed by atoms with E-state index >= 15 is 0 Å². The maximum atomic E-state index is 12.6. The van der Waals surface area contributed by atoms with Gasteiger partial charge >= 0.3 is 5.97 Å². The molecule has 0 fully saturated rings. The summed E-state index contributed by atoms with van der Waals surface area (Å²) in [6.07, 6.45) is 1.73. The SMILES string of the molecule is CCCN1CCc2c(sc(NC(=O)CS(=O)(=O)c3ccc(C)cc3)c2C(=O)OCC)C1. The van der Waals surface area contributed by atoms with E-state index in [1.807, 2.05) is 6.92 Å². The van der Waals surface area contributed by atoms with Crippen molar-refractivity contribution in [3.05, 3.63) is 45.8 Å². The largest absolute Gasteiger partial charge is 0.462 e. The number of ether oxygens (including phenoxy) is 1. The van der Waals surface area contributed by atoms with E-state index in [0.717, 1.165) is 35.5 Å². The Balaban J connectivity index is 1.83. The van der Waals surface area contributed by atoms with Crippen molar-refractivity contribution in [1.82, 2.24) is 4.90 Å². The number of fused-ring (bicyclic) bond motifs is 1. The minimum absolute atomic E-state index is 0.0968. The van der Waals surface area contributed by atoms with Gasteiger partial charge in [-0.3, -0.25) is 9.69 Å². The molecule has 9 heteroatoms. The van der Waals surface area contributed by atoms with Gasteiger partial charge in [0.2, 0.25) is 5.91 Å². The Morgan fingerprint density at radius 3 is 2.55 bits per heavy atom. The summed E-state index contributed by atoms with van der Waals surface area (Å²) in [5.41, 5.74) is 2.19. The number of nitrogens with zero attached hydrogens (tertiary/aromatic N) is 1. The maximum absolute atomic E-state index is 12.6. The summed E-state index contributed by atoms with van der Waals surface area (Å²) in [4.78, 5) is 28.7. The number of benzene rings is 1. The minimum atomic E-state index is -3.79. The van der Waals surface area contributed by atoms with Crippen molar-refractivity contribution < 1.29 is 22.7 Å².